The third kappa shape index (κ3) is 6.40. The van der Waals surface area contributed by atoms with E-state index in [1.54, 1.807) is 14.0 Å². The number of carboxylic acids is 1. The Morgan fingerprint density at radius 2 is 2.06 bits per heavy atom. The fourth-order valence-electron chi connectivity index (χ4n) is 1.38. The molecular weight excluding hydrogens is 210 g/mol. The standard InChI is InChI=1S/C11H21NO4/c1-4-9(11(14)15)6-12-10(13)5-8(2)7-16-3/h8-9H,4-7H2,1-3H3,(H,12,13)(H,14,15). The molecule has 0 heterocycles. The highest BCUT2D eigenvalue weighted by Crippen LogP contribution is 2.03. The fraction of sp³-hybridized carbons (Fsp3) is 0.818. The molecule has 2 unspecified atom stereocenters. The zero-order valence-electron chi connectivity index (χ0n) is 10.2. The van der Waals surface area contributed by atoms with E-state index in [1.807, 2.05) is 6.92 Å². The summed E-state index contributed by atoms with van der Waals surface area (Å²) in [6.07, 6.45) is 0.882. The van der Waals surface area contributed by atoms with Crippen molar-refractivity contribution in [1.82, 2.24) is 5.32 Å². The number of hydrogen-bond acceptors (Lipinski definition) is 3. The fourth-order valence-corrected chi connectivity index (χ4v) is 1.38. The van der Waals surface area contributed by atoms with E-state index in [-0.39, 0.29) is 18.4 Å². The van der Waals surface area contributed by atoms with Crippen LogP contribution in [0.2, 0.25) is 0 Å². The molecule has 2 atom stereocenters. The minimum atomic E-state index is -0.868. The van der Waals surface area contributed by atoms with Crippen LogP contribution in [0.25, 0.3) is 0 Å². The molecule has 16 heavy (non-hydrogen) atoms. The highest BCUT2D eigenvalue weighted by Gasteiger charge is 2.16. The van der Waals surface area contributed by atoms with Crippen molar-refractivity contribution in [3.05, 3.63) is 0 Å². The Balaban J connectivity index is 3.83. The number of amides is 1. The number of methoxy groups -OCH3 is 1. The van der Waals surface area contributed by atoms with Crippen molar-refractivity contribution >= 4 is 11.9 Å². The Morgan fingerprint density at radius 3 is 2.50 bits per heavy atom. The van der Waals surface area contributed by atoms with Crippen LogP contribution in [0.4, 0.5) is 0 Å². The lowest BCUT2D eigenvalue weighted by molar-refractivity contribution is -0.141. The maximum absolute atomic E-state index is 11.4. The molecule has 0 saturated carbocycles. The minimum Gasteiger partial charge on any atom is -0.481 e. The van der Waals surface area contributed by atoms with Crippen LogP contribution in [0.15, 0.2) is 0 Å². The van der Waals surface area contributed by atoms with Crippen molar-refractivity contribution in [2.24, 2.45) is 11.8 Å². The Morgan fingerprint density at radius 1 is 1.44 bits per heavy atom. The van der Waals surface area contributed by atoms with E-state index >= 15 is 0 Å². The summed E-state index contributed by atoms with van der Waals surface area (Å²) in [6, 6.07) is 0. The van der Waals surface area contributed by atoms with Gasteiger partial charge in [0.1, 0.15) is 0 Å². The first-order valence-corrected chi connectivity index (χ1v) is 5.49. The molecule has 0 bridgehead atoms. The molecule has 0 fully saturated rings. The van der Waals surface area contributed by atoms with Crippen molar-refractivity contribution < 1.29 is 19.4 Å². The maximum atomic E-state index is 11.4. The molecule has 5 heteroatoms. The van der Waals surface area contributed by atoms with Crippen molar-refractivity contribution in [2.45, 2.75) is 26.7 Å². The van der Waals surface area contributed by atoms with Crippen molar-refractivity contribution in [1.29, 1.82) is 0 Å². The summed E-state index contributed by atoms with van der Waals surface area (Å²) in [5.74, 6) is -1.34. The molecule has 94 valence electrons. The van der Waals surface area contributed by atoms with Gasteiger partial charge in [0.05, 0.1) is 5.92 Å². The first-order valence-electron chi connectivity index (χ1n) is 5.49. The number of ether oxygens (including phenoxy) is 1. The van der Waals surface area contributed by atoms with Gasteiger partial charge in [-0.15, -0.1) is 0 Å². The number of carbonyl (C=O) groups is 2. The molecule has 0 aliphatic heterocycles. The number of aliphatic carboxylic acids is 1. The van der Waals surface area contributed by atoms with E-state index in [0.29, 0.717) is 19.4 Å². The van der Waals surface area contributed by atoms with Crippen molar-refractivity contribution in [3.63, 3.8) is 0 Å². The van der Waals surface area contributed by atoms with Gasteiger partial charge in [0.15, 0.2) is 0 Å². The van der Waals surface area contributed by atoms with Crippen LogP contribution in [-0.2, 0) is 14.3 Å². The molecule has 0 rings (SSSR count). The second kappa shape index (κ2) is 8.10. The first kappa shape index (κ1) is 14.9. The van der Waals surface area contributed by atoms with E-state index in [9.17, 15) is 9.59 Å². The van der Waals surface area contributed by atoms with Crippen LogP contribution in [0.1, 0.15) is 26.7 Å². The number of carboxylic acid groups (broad SMARTS) is 1. The smallest absolute Gasteiger partial charge is 0.308 e. The lowest BCUT2D eigenvalue weighted by Gasteiger charge is -2.13. The molecular formula is C11H21NO4. The van der Waals surface area contributed by atoms with E-state index < -0.39 is 11.9 Å². The highest BCUT2D eigenvalue weighted by molar-refractivity contribution is 5.77. The topological polar surface area (TPSA) is 75.6 Å². The molecule has 1 amide bonds. The largest absolute Gasteiger partial charge is 0.481 e. The summed E-state index contributed by atoms with van der Waals surface area (Å²) in [5, 5.41) is 11.4. The molecule has 0 aromatic carbocycles. The Kier molecular flexibility index (Phi) is 7.54. The zero-order chi connectivity index (χ0) is 12.6. The second-order valence-corrected chi connectivity index (χ2v) is 4.01. The molecule has 0 aromatic rings. The van der Waals surface area contributed by atoms with Gasteiger partial charge in [-0.2, -0.15) is 0 Å². The van der Waals surface area contributed by atoms with Gasteiger partial charge in [0.2, 0.25) is 5.91 Å². The second-order valence-electron chi connectivity index (χ2n) is 4.01. The summed E-state index contributed by atoms with van der Waals surface area (Å²) in [7, 11) is 1.59. The van der Waals surface area contributed by atoms with Crippen LogP contribution in [-0.4, -0.2) is 37.2 Å². The summed E-state index contributed by atoms with van der Waals surface area (Å²) in [4.78, 5) is 22.1. The third-order valence-corrected chi connectivity index (χ3v) is 2.37. The van der Waals surface area contributed by atoms with E-state index in [2.05, 4.69) is 5.32 Å². The Labute approximate surface area is 96.2 Å². The van der Waals surface area contributed by atoms with Gasteiger partial charge >= 0.3 is 5.97 Å². The van der Waals surface area contributed by atoms with Crippen molar-refractivity contribution in [3.8, 4) is 0 Å². The quantitative estimate of drug-likeness (QED) is 0.650. The number of nitrogens with one attached hydrogen (secondary N) is 1. The van der Waals surface area contributed by atoms with Gasteiger partial charge in [-0.3, -0.25) is 9.59 Å². The zero-order valence-corrected chi connectivity index (χ0v) is 10.2. The molecule has 0 radical (unpaired) electrons. The van der Waals surface area contributed by atoms with Crippen LogP contribution in [0.3, 0.4) is 0 Å². The van der Waals surface area contributed by atoms with Gasteiger partial charge in [-0.05, 0) is 12.3 Å². The molecule has 0 aromatic heterocycles. The van der Waals surface area contributed by atoms with Crippen LogP contribution < -0.4 is 5.32 Å². The summed E-state index contributed by atoms with van der Waals surface area (Å²) in [6.45, 7) is 4.43. The van der Waals surface area contributed by atoms with Gasteiger partial charge in [0.25, 0.3) is 0 Å². The predicted molar refractivity (Wildman–Crippen MR) is 60.1 cm³/mol. The van der Waals surface area contributed by atoms with Crippen LogP contribution in [0.5, 0.6) is 0 Å². The first-order chi connectivity index (χ1) is 7.51. The van der Waals surface area contributed by atoms with Gasteiger partial charge in [-0.25, -0.2) is 0 Å². The predicted octanol–water partition coefficient (Wildman–Crippen LogP) is 0.886. The molecule has 0 spiro atoms. The molecule has 0 aliphatic carbocycles. The number of carbonyl (C=O) groups excluding carboxylic acids is 1. The van der Waals surface area contributed by atoms with Crippen molar-refractivity contribution in [2.75, 3.05) is 20.3 Å². The monoisotopic (exact) mass is 231 g/mol. The molecule has 0 aliphatic rings. The Hall–Kier alpha value is -1.10. The molecule has 0 saturated heterocycles. The third-order valence-electron chi connectivity index (χ3n) is 2.37. The summed E-state index contributed by atoms with van der Waals surface area (Å²) >= 11 is 0. The minimum absolute atomic E-state index is 0.121. The van der Waals surface area contributed by atoms with E-state index in [4.69, 9.17) is 9.84 Å². The highest BCUT2D eigenvalue weighted by atomic mass is 16.5. The Bertz CT molecular complexity index is 230. The summed E-state index contributed by atoms with van der Waals surface area (Å²) < 4.78 is 4.92. The van der Waals surface area contributed by atoms with Crippen LogP contribution >= 0.6 is 0 Å². The van der Waals surface area contributed by atoms with E-state index in [1.165, 1.54) is 0 Å². The normalized spacial score (nSPS) is 14.2. The molecule has 5 nitrogen and oxygen atoms in total. The van der Waals surface area contributed by atoms with Gasteiger partial charge in [0, 0.05) is 26.7 Å². The lowest BCUT2D eigenvalue weighted by Crippen LogP contribution is -2.33. The summed E-state index contributed by atoms with van der Waals surface area (Å²) in [5.41, 5.74) is 0. The van der Waals surface area contributed by atoms with Gasteiger partial charge < -0.3 is 15.2 Å². The average Bonchev–Trinajstić information content (AvgIpc) is 2.18. The SMILES string of the molecule is CCC(CNC(=O)CC(C)COC)C(=O)O. The van der Waals surface area contributed by atoms with Crippen LogP contribution in [0, 0.1) is 11.8 Å². The van der Waals surface area contributed by atoms with Gasteiger partial charge in [-0.1, -0.05) is 13.8 Å². The number of hydrogen-bond donors (Lipinski definition) is 2. The lowest BCUT2D eigenvalue weighted by atomic mass is 10.1. The molecule has 2 N–H and O–H groups in total. The number of rotatable bonds is 8. The average molecular weight is 231 g/mol. The maximum Gasteiger partial charge on any atom is 0.308 e. The van der Waals surface area contributed by atoms with E-state index in [0.717, 1.165) is 0 Å².